The molecule has 9 aliphatic rings. The highest BCUT2D eigenvalue weighted by Gasteiger charge is 2.35. The number of amides is 3. The number of aromatic hydroxyl groups is 3. The van der Waals surface area contributed by atoms with Crippen LogP contribution in [0.2, 0.25) is 0 Å². The highest BCUT2D eigenvalue weighted by atomic mass is 19.1. The number of fused-ring (bicyclic) bond motifs is 4. The minimum absolute atomic E-state index is 0.0191. The van der Waals surface area contributed by atoms with Crippen LogP contribution in [0.5, 0.6) is 35.3 Å². The molecule has 16 rings (SSSR count). The second-order valence-corrected chi connectivity index (χ2v) is 32.3. The molecule has 624 valence electrons. The Morgan fingerprint density at radius 3 is 1.34 bits per heavy atom. The van der Waals surface area contributed by atoms with Crippen LogP contribution in [0.4, 0.5) is 38.9 Å². The summed E-state index contributed by atoms with van der Waals surface area (Å²) in [7, 11) is 4.15. The first-order valence-corrected chi connectivity index (χ1v) is 42.5. The summed E-state index contributed by atoms with van der Waals surface area (Å²) in [5.74, 6) is 3.39. The number of halogens is 1. The lowest BCUT2D eigenvalue weighted by Crippen LogP contribution is -2.49. The zero-order chi connectivity index (χ0) is 81.3. The topological polar surface area (TPSA) is 256 Å². The molecule has 27 nitrogen and oxygen atoms in total. The molecule has 6 fully saturated rings. The first-order chi connectivity index (χ1) is 57.0. The SMILES string of the molecule is C=CC(=O)N1CCN(c2nc(OCCCCN(C)C)nc3c2CCN(c2cc(O)cc4ccccc24)C3)CC1.C=CC(=O)N1CCN(c2nc(OCCCN3CCCCC3)nc3c2CCN(c2cc(O)cc(C4CC4)c2)C3)CC1.C=CC(=O)N1CCN(c2nc(OCCCN3CCCCC3)nc3c2CCN(c2cc(O)ccc2F)C3)CC1. The number of rotatable bonds is 26. The van der Waals surface area contributed by atoms with Crippen LogP contribution in [0.1, 0.15) is 122 Å². The van der Waals surface area contributed by atoms with Crippen LogP contribution >= 0.6 is 0 Å². The Labute approximate surface area is 687 Å². The number of unbranched alkanes of at least 4 members (excludes halogenated alkanes) is 1. The van der Waals surface area contributed by atoms with E-state index in [4.69, 9.17) is 44.1 Å². The summed E-state index contributed by atoms with van der Waals surface area (Å²) in [6.07, 6.45) is 20.4. The van der Waals surface area contributed by atoms with Crippen molar-refractivity contribution in [2.24, 2.45) is 0 Å². The quantitative estimate of drug-likeness (QED) is 0.0336. The maximum atomic E-state index is 14.6. The smallest absolute Gasteiger partial charge is 0.318 e. The van der Waals surface area contributed by atoms with E-state index in [0.29, 0.717) is 153 Å². The normalized spacial score (nSPS) is 17.9. The van der Waals surface area contributed by atoms with Gasteiger partial charge in [0.05, 0.1) is 62.2 Å². The van der Waals surface area contributed by atoms with Gasteiger partial charge < -0.3 is 88.3 Å². The molecule has 3 aromatic heterocycles. The van der Waals surface area contributed by atoms with Crippen molar-refractivity contribution in [2.75, 3.05) is 207 Å². The third-order valence-electron chi connectivity index (χ3n) is 23.9. The molecular weight excluding hydrogens is 1480 g/mol. The summed E-state index contributed by atoms with van der Waals surface area (Å²) in [4.78, 5) is 91.4. The Kier molecular flexibility index (Phi) is 28.1. The molecule has 117 heavy (non-hydrogen) atoms. The molecule has 0 bridgehead atoms. The van der Waals surface area contributed by atoms with Gasteiger partial charge in [0.1, 0.15) is 40.5 Å². The number of piperidine rings is 2. The van der Waals surface area contributed by atoms with E-state index < -0.39 is 0 Å². The van der Waals surface area contributed by atoms with Gasteiger partial charge in [-0.1, -0.05) is 56.8 Å². The van der Waals surface area contributed by atoms with E-state index in [-0.39, 0.29) is 35.0 Å². The van der Waals surface area contributed by atoms with Gasteiger partial charge in [-0.2, -0.15) is 29.9 Å². The Morgan fingerprint density at radius 1 is 0.453 bits per heavy atom. The number of nitrogens with zero attached hydrogens (tertiary/aromatic N) is 18. The Bertz CT molecular complexity index is 4610. The minimum atomic E-state index is -0.377. The predicted octanol–water partition coefficient (Wildman–Crippen LogP) is 10.1. The van der Waals surface area contributed by atoms with Crippen molar-refractivity contribution in [1.29, 1.82) is 0 Å². The number of aromatic nitrogens is 6. The van der Waals surface area contributed by atoms with Crippen molar-refractivity contribution >= 4 is 63.0 Å². The molecule has 7 aromatic rings. The number of phenolic OH excluding ortho intramolecular Hbond substituents is 3. The van der Waals surface area contributed by atoms with Gasteiger partial charge in [-0.3, -0.25) is 14.4 Å². The molecular formula is C89H117FN18O9. The number of likely N-dealkylation sites (tertiary alicyclic amines) is 2. The molecule has 0 unspecified atom stereocenters. The standard InChI is InChI=1S/C31H42N6O3.C30H38N6O3.C28H37FN6O3/c1-2-29(39)35-14-16-36(17-15-35)30-27-9-13-37(25-19-24(23-7-8-23)20-26(38)21-25)22-28(27)32-31(33-30)40-18-6-12-34-10-4-3-5-11-34;1-4-28(38)34-14-16-35(17-15-34)29-25-11-13-36(27-20-23(37)19-22-9-5-6-10-24(22)27)21-26(25)31-30(32-29)39-18-8-7-12-33(2)3;1-2-26(37)33-14-16-34(17-15-33)27-22-9-13-35(25-19-21(36)7-8-23(25)29)20-24(22)30-28(31-27)38-18-6-12-32-10-4-3-5-11-32/h2,19-21,23,38H,1,3-18,22H2;4-6,9-10,19-20,37H,1,7-8,11-18,21H2,2-3H3;2,7-8,19,36H,1,3-6,9-18,20H2. The first kappa shape index (κ1) is 82.9. The number of hydrogen-bond acceptors (Lipinski definition) is 24. The largest absolute Gasteiger partial charge is 0.508 e. The average molecular weight is 1600 g/mol. The predicted molar refractivity (Wildman–Crippen MR) is 455 cm³/mol. The second-order valence-electron chi connectivity index (χ2n) is 32.3. The Morgan fingerprint density at radius 2 is 0.880 bits per heavy atom. The maximum Gasteiger partial charge on any atom is 0.318 e. The second kappa shape index (κ2) is 39.6. The molecule has 5 saturated heterocycles. The molecule has 3 amide bonds. The van der Waals surface area contributed by atoms with Gasteiger partial charge in [-0.25, -0.2) is 4.39 Å². The lowest BCUT2D eigenvalue weighted by molar-refractivity contribution is -0.127. The minimum Gasteiger partial charge on any atom is -0.508 e. The van der Waals surface area contributed by atoms with E-state index in [1.165, 1.54) is 112 Å². The van der Waals surface area contributed by atoms with Crippen LogP contribution < -0.4 is 43.6 Å². The number of benzene rings is 4. The van der Waals surface area contributed by atoms with Gasteiger partial charge in [-0.05, 0) is 196 Å². The van der Waals surface area contributed by atoms with Crippen LogP contribution in [-0.4, -0.2) is 270 Å². The lowest BCUT2D eigenvalue weighted by Gasteiger charge is -2.38. The molecule has 1 saturated carbocycles. The number of carbonyl (C=O) groups excluding carboxylic acids is 3. The fourth-order valence-electron chi connectivity index (χ4n) is 17.3. The number of anilines is 6. The van der Waals surface area contributed by atoms with E-state index >= 15 is 0 Å². The molecule has 4 aromatic carbocycles. The van der Waals surface area contributed by atoms with Crippen LogP contribution in [-0.2, 0) is 53.3 Å². The van der Waals surface area contributed by atoms with Gasteiger partial charge in [-0.15, -0.1) is 0 Å². The third kappa shape index (κ3) is 21.4. The lowest BCUT2D eigenvalue weighted by atomic mass is 10.0. The summed E-state index contributed by atoms with van der Waals surface area (Å²) in [5.41, 5.74) is 9.72. The Balaban J connectivity index is 0.000000145. The molecule has 3 N–H and O–H groups in total. The monoisotopic (exact) mass is 1600 g/mol. The van der Waals surface area contributed by atoms with E-state index in [9.17, 15) is 34.1 Å². The summed E-state index contributed by atoms with van der Waals surface area (Å²) >= 11 is 0. The van der Waals surface area contributed by atoms with Crippen molar-refractivity contribution in [2.45, 2.75) is 122 Å². The molecule has 28 heteroatoms. The van der Waals surface area contributed by atoms with Crippen molar-refractivity contribution in [3.8, 4) is 35.3 Å². The third-order valence-corrected chi connectivity index (χ3v) is 23.9. The van der Waals surface area contributed by atoms with Crippen molar-refractivity contribution < 1.29 is 48.3 Å². The van der Waals surface area contributed by atoms with Gasteiger partial charge in [0.25, 0.3) is 0 Å². The van der Waals surface area contributed by atoms with E-state index in [2.05, 4.69) is 85.2 Å². The molecule has 0 spiro atoms. The summed E-state index contributed by atoms with van der Waals surface area (Å²) in [5, 5.41) is 32.9. The van der Waals surface area contributed by atoms with Crippen molar-refractivity contribution in [1.82, 2.24) is 59.3 Å². The number of hydrogen-bond donors (Lipinski definition) is 3. The number of phenols is 3. The van der Waals surface area contributed by atoms with Gasteiger partial charge in [0.2, 0.25) is 17.7 Å². The zero-order valence-corrected chi connectivity index (χ0v) is 68.5. The van der Waals surface area contributed by atoms with Crippen LogP contribution in [0, 0.1) is 5.82 Å². The number of piperazine rings is 3. The molecule has 11 heterocycles. The highest BCUT2D eigenvalue weighted by Crippen LogP contribution is 2.44. The molecule has 1 aliphatic carbocycles. The first-order valence-electron chi connectivity index (χ1n) is 42.5. The van der Waals surface area contributed by atoms with Gasteiger partial charge in [0, 0.05) is 163 Å². The van der Waals surface area contributed by atoms with Crippen LogP contribution in [0.3, 0.4) is 0 Å². The number of ether oxygens (including phenoxy) is 3. The highest BCUT2D eigenvalue weighted by molar-refractivity contribution is 5.96. The summed E-state index contributed by atoms with van der Waals surface area (Å²) in [6, 6.07) is 23.1. The van der Waals surface area contributed by atoms with Crippen molar-refractivity contribution in [3.05, 3.63) is 156 Å². The fraction of sp³-hybridized carbons (Fsp3) is 0.517. The van der Waals surface area contributed by atoms with E-state index in [0.717, 1.165) is 165 Å². The molecule has 8 aliphatic heterocycles. The number of carbonyl (C=O) groups is 3. The van der Waals surface area contributed by atoms with E-state index in [1.807, 2.05) is 51.1 Å². The summed E-state index contributed by atoms with van der Waals surface area (Å²) < 4.78 is 32.9. The van der Waals surface area contributed by atoms with Gasteiger partial charge in [0.15, 0.2) is 0 Å². The van der Waals surface area contributed by atoms with Crippen LogP contribution in [0.15, 0.2) is 111 Å². The van der Waals surface area contributed by atoms with E-state index in [1.54, 1.807) is 11.0 Å². The Hall–Kier alpha value is -10.6. The molecule has 0 atom stereocenters. The fourth-order valence-corrected chi connectivity index (χ4v) is 17.3. The van der Waals surface area contributed by atoms with Gasteiger partial charge >= 0.3 is 18.0 Å². The average Bonchev–Trinajstić information content (AvgIpc) is 1.54. The zero-order valence-electron chi connectivity index (χ0n) is 68.5. The van der Waals surface area contributed by atoms with Crippen molar-refractivity contribution in [3.63, 3.8) is 0 Å². The maximum absolute atomic E-state index is 14.6. The van der Waals surface area contributed by atoms with Crippen LogP contribution in [0.25, 0.3) is 10.8 Å². The summed E-state index contributed by atoms with van der Waals surface area (Å²) in [6.45, 7) is 32.0. The molecule has 0 radical (unpaired) electrons.